The summed E-state index contributed by atoms with van der Waals surface area (Å²) in [6.07, 6.45) is -0.342. The summed E-state index contributed by atoms with van der Waals surface area (Å²) < 4.78 is 64.9. The van der Waals surface area contributed by atoms with Gasteiger partial charge >= 0.3 is 6.18 Å². The largest absolute Gasteiger partial charge is 0.391 e. The topological polar surface area (TPSA) is 95.5 Å². The second-order valence-corrected chi connectivity index (χ2v) is 8.35. The van der Waals surface area contributed by atoms with Crippen LogP contribution in [0.1, 0.15) is 32.6 Å². The van der Waals surface area contributed by atoms with E-state index < -0.39 is 22.1 Å². The quantitative estimate of drug-likeness (QED) is 0.356. The Hall–Kier alpha value is -1.88. The monoisotopic (exact) mass is 421 g/mol. The van der Waals surface area contributed by atoms with Crippen LogP contribution >= 0.6 is 0 Å². The molecule has 1 aromatic rings. The fourth-order valence-electron chi connectivity index (χ4n) is 3.02. The molecule has 7 nitrogen and oxygen atoms in total. The van der Waals surface area contributed by atoms with Gasteiger partial charge < -0.3 is 10.6 Å². The van der Waals surface area contributed by atoms with Gasteiger partial charge in [-0.2, -0.15) is 13.2 Å². The average Bonchev–Trinajstić information content (AvgIpc) is 2.66. The van der Waals surface area contributed by atoms with Crippen LogP contribution in [0, 0.1) is 5.92 Å². The van der Waals surface area contributed by atoms with E-state index in [1.807, 2.05) is 6.92 Å². The number of nitrogens with zero attached hydrogens (tertiary/aromatic N) is 2. The number of hydrogen-bond donors (Lipinski definition) is 3. The van der Waals surface area contributed by atoms with Gasteiger partial charge in [-0.3, -0.25) is 9.98 Å². The van der Waals surface area contributed by atoms with E-state index in [4.69, 9.17) is 0 Å². The van der Waals surface area contributed by atoms with Crippen molar-refractivity contribution < 1.29 is 21.6 Å². The summed E-state index contributed by atoms with van der Waals surface area (Å²) >= 11 is 0. The molecule has 0 saturated heterocycles. The average molecular weight is 421 g/mol. The van der Waals surface area contributed by atoms with Gasteiger partial charge in [0.2, 0.25) is 10.0 Å². The van der Waals surface area contributed by atoms with E-state index in [1.165, 1.54) is 24.5 Å². The van der Waals surface area contributed by atoms with Gasteiger partial charge in [0, 0.05) is 31.5 Å². The fraction of sp³-hybridized carbons (Fsp3) is 0.647. The first kappa shape index (κ1) is 22.4. The summed E-state index contributed by atoms with van der Waals surface area (Å²) in [5, 5.41) is 6.17. The fourth-order valence-corrected chi connectivity index (χ4v) is 4.00. The van der Waals surface area contributed by atoms with Crippen molar-refractivity contribution >= 4 is 16.0 Å². The molecule has 0 aliphatic heterocycles. The minimum absolute atomic E-state index is 0.0745. The van der Waals surface area contributed by atoms with Crippen molar-refractivity contribution in [3.8, 4) is 0 Å². The normalized spacial score (nSPS) is 21.4. The van der Waals surface area contributed by atoms with E-state index in [9.17, 15) is 21.6 Å². The molecule has 0 unspecified atom stereocenters. The van der Waals surface area contributed by atoms with Crippen molar-refractivity contribution in [1.82, 2.24) is 20.3 Å². The van der Waals surface area contributed by atoms with Gasteiger partial charge in [0.05, 0.1) is 12.5 Å². The number of alkyl halides is 3. The van der Waals surface area contributed by atoms with Crippen LogP contribution in [0.15, 0.2) is 34.4 Å². The third kappa shape index (κ3) is 6.93. The molecule has 1 aliphatic rings. The molecule has 0 amide bonds. The van der Waals surface area contributed by atoms with Crippen LogP contribution < -0.4 is 15.4 Å². The number of aliphatic imine (C=N–C) groups is 1. The minimum Gasteiger partial charge on any atom is -0.357 e. The molecule has 11 heteroatoms. The van der Waals surface area contributed by atoms with Gasteiger partial charge in [-0.25, -0.2) is 13.1 Å². The standard InChI is InChI=1S/C17H26F3N5O2S/c1-2-22-16(25-14-7-5-13(6-8-14)17(18,19)20)23-10-11-24-28(26,27)15-4-3-9-21-12-15/h3-4,9,12-14,24H,2,5-8,10-11H2,1H3,(H2,22,23,25). The maximum Gasteiger partial charge on any atom is 0.391 e. The molecule has 1 fully saturated rings. The maximum absolute atomic E-state index is 12.8. The van der Waals surface area contributed by atoms with Crippen LogP contribution in [-0.4, -0.2) is 51.2 Å². The van der Waals surface area contributed by atoms with Gasteiger partial charge in [0.1, 0.15) is 4.90 Å². The summed E-state index contributed by atoms with van der Waals surface area (Å²) in [4.78, 5) is 8.16. The SMILES string of the molecule is CCNC(=NCCNS(=O)(=O)c1cccnc1)NC1CCC(C(F)(F)F)CC1. The number of sulfonamides is 1. The van der Waals surface area contributed by atoms with Gasteiger partial charge in [-0.15, -0.1) is 0 Å². The predicted molar refractivity (Wildman–Crippen MR) is 100 cm³/mol. The van der Waals surface area contributed by atoms with Crippen molar-refractivity contribution in [3.05, 3.63) is 24.5 Å². The summed E-state index contributed by atoms with van der Waals surface area (Å²) in [6.45, 7) is 2.75. The van der Waals surface area contributed by atoms with Crippen LogP contribution in [0.5, 0.6) is 0 Å². The minimum atomic E-state index is -4.13. The Kier molecular flexibility index (Phi) is 8.05. The summed E-state index contributed by atoms with van der Waals surface area (Å²) in [7, 11) is -3.65. The van der Waals surface area contributed by atoms with Crippen molar-refractivity contribution in [3.63, 3.8) is 0 Å². The number of guanidine groups is 1. The molecule has 0 aromatic carbocycles. The number of aromatic nitrogens is 1. The third-order valence-corrected chi connectivity index (χ3v) is 5.94. The Bertz CT molecular complexity index is 733. The molecular weight excluding hydrogens is 395 g/mol. The van der Waals surface area contributed by atoms with Crippen molar-refractivity contribution in [2.45, 2.75) is 49.7 Å². The number of rotatable bonds is 7. The maximum atomic E-state index is 12.8. The third-order valence-electron chi connectivity index (χ3n) is 4.49. The first-order chi connectivity index (χ1) is 13.2. The van der Waals surface area contributed by atoms with Gasteiger partial charge in [-0.05, 0) is 44.7 Å². The molecule has 0 radical (unpaired) electrons. The predicted octanol–water partition coefficient (Wildman–Crippen LogP) is 2.04. The number of hydrogen-bond acceptors (Lipinski definition) is 4. The van der Waals surface area contributed by atoms with E-state index >= 15 is 0 Å². The van der Waals surface area contributed by atoms with E-state index in [-0.39, 0.29) is 36.9 Å². The number of nitrogens with one attached hydrogen (secondary N) is 3. The first-order valence-electron chi connectivity index (χ1n) is 9.23. The van der Waals surface area contributed by atoms with E-state index in [0.29, 0.717) is 25.3 Å². The van der Waals surface area contributed by atoms with Gasteiger partial charge in [0.15, 0.2) is 5.96 Å². The molecule has 1 heterocycles. The molecule has 0 spiro atoms. The Morgan fingerprint density at radius 3 is 2.57 bits per heavy atom. The lowest BCUT2D eigenvalue weighted by molar-refractivity contribution is -0.182. The van der Waals surface area contributed by atoms with Crippen LogP contribution in [0.25, 0.3) is 0 Å². The molecule has 0 bridgehead atoms. The summed E-state index contributed by atoms with van der Waals surface area (Å²) in [6, 6.07) is 2.90. The molecule has 158 valence electrons. The molecule has 2 rings (SSSR count). The first-order valence-corrected chi connectivity index (χ1v) is 10.7. The highest BCUT2D eigenvalue weighted by Gasteiger charge is 2.41. The summed E-state index contributed by atoms with van der Waals surface area (Å²) in [5.41, 5.74) is 0. The zero-order valence-corrected chi connectivity index (χ0v) is 16.5. The second kappa shape index (κ2) is 10.1. The highest BCUT2D eigenvalue weighted by atomic mass is 32.2. The number of pyridine rings is 1. The molecule has 1 aliphatic carbocycles. The highest BCUT2D eigenvalue weighted by Crippen LogP contribution is 2.37. The van der Waals surface area contributed by atoms with Crippen LogP contribution in [0.3, 0.4) is 0 Å². The van der Waals surface area contributed by atoms with Crippen LogP contribution in [-0.2, 0) is 10.0 Å². The Morgan fingerprint density at radius 1 is 1.29 bits per heavy atom. The lowest BCUT2D eigenvalue weighted by Crippen LogP contribution is -2.46. The molecule has 3 N–H and O–H groups in total. The summed E-state index contributed by atoms with van der Waals surface area (Å²) in [5.74, 6) is -0.759. The molecule has 1 saturated carbocycles. The molecule has 1 aromatic heterocycles. The van der Waals surface area contributed by atoms with Gasteiger partial charge in [0.25, 0.3) is 0 Å². The lowest BCUT2D eigenvalue weighted by atomic mass is 9.85. The van der Waals surface area contributed by atoms with E-state index in [2.05, 4.69) is 25.3 Å². The van der Waals surface area contributed by atoms with Crippen molar-refractivity contribution in [1.29, 1.82) is 0 Å². The number of halogens is 3. The Balaban J connectivity index is 1.82. The van der Waals surface area contributed by atoms with Gasteiger partial charge in [-0.1, -0.05) is 0 Å². The second-order valence-electron chi connectivity index (χ2n) is 6.58. The lowest BCUT2D eigenvalue weighted by Gasteiger charge is -2.31. The molecular formula is C17H26F3N5O2S. The Labute approximate surface area is 163 Å². The van der Waals surface area contributed by atoms with Crippen molar-refractivity contribution in [2.75, 3.05) is 19.6 Å². The van der Waals surface area contributed by atoms with E-state index in [1.54, 1.807) is 0 Å². The van der Waals surface area contributed by atoms with E-state index in [0.717, 1.165) is 0 Å². The zero-order valence-electron chi connectivity index (χ0n) is 15.7. The highest BCUT2D eigenvalue weighted by molar-refractivity contribution is 7.89. The van der Waals surface area contributed by atoms with Crippen LogP contribution in [0.2, 0.25) is 0 Å². The smallest absolute Gasteiger partial charge is 0.357 e. The zero-order chi connectivity index (χ0) is 20.6. The van der Waals surface area contributed by atoms with Crippen molar-refractivity contribution in [2.24, 2.45) is 10.9 Å². The Morgan fingerprint density at radius 2 is 2.00 bits per heavy atom. The molecule has 0 atom stereocenters. The molecule has 28 heavy (non-hydrogen) atoms. The van der Waals surface area contributed by atoms with Crippen LogP contribution in [0.4, 0.5) is 13.2 Å².